The van der Waals surface area contributed by atoms with E-state index in [4.69, 9.17) is 9.47 Å². The zero-order chi connectivity index (χ0) is 14.6. The fraction of sp³-hybridized carbons (Fsp3) is 0.643. The normalized spacial score (nSPS) is 13.2. The zero-order valence-electron chi connectivity index (χ0n) is 12.5. The van der Waals surface area contributed by atoms with Crippen molar-refractivity contribution in [1.82, 2.24) is 10.6 Å². The van der Waals surface area contributed by atoms with Crippen molar-refractivity contribution in [3.05, 3.63) is 22.4 Å². The molecule has 1 unspecified atom stereocenters. The molecule has 1 aromatic heterocycles. The van der Waals surface area contributed by atoms with E-state index in [-0.39, 0.29) is 0 Å². The Labute approximate surface area is 125 Å². The second-order valence-electron chi connectivity index (χ2n) is 4.44. The van der Waals surface area contributed by atoms with Crippen molar-refractivity contribution in [2.75, 3.05) is 47.1 Å². The molecule has 2 N–H and O–H groups in total. The molecule has 0 aromatic carbocycles. The highest BCUT2D eigenvalue weighted by Gasteiger charge is 2.06. The van der Waals surface area contributed by atoms with E-state index >= 15 is 0 Å². The molecule has 6 heteroatoms. The van der Waals surface area contributed by atoms with Crippen molar-refractivity contribution in [3.8, 4) is 0 Å². The van der Waals surface area contributed by atoms with Crippen LogP contribution in [0.25, 0.3) is 0 Å². The van der Waals surface area contributed by atoms with E-state index in [0.717, 1.165) is 19.0 Å². The number of aliphatic imine (C=N–C) groups is 1. The lowest BCUT2D eigenvalue weighted by Crippen LogP contribution is -2.40. The van der Waals surface area contributed by atoms with Crippen molar-refractivity contribution in [1.29, 1.82) is 0 Å². The Bertz CT molecular complexity index is 369. The van der Waals surface area contributed by atoms with Gasteiger partial charge in [0.25, 0.3) is 0 Å². The van der Waals surface area contributed by atoms with Gasteiger partial charge in [-0.1, -0.05) is 6.92 Å². The first-order chi connectivity index (χ1) is 9.77. The number of methoxy groups -OCH3 is 1. The highest BCUT2D eigenvalue weighted by Crippen LogP contribution is 2.16. The van der Waals surface area contributed by atoms with E-state index in [1.165, 1.54) is 5.56 Å². The number of guanidine groups is 1. The maximum Gasteiger partial charge on any atom is 0.191 e. The molecule has 20 heavy (non-hydrogen) atoms. The van der Waals surface area contributed by atoms with Gasteiger partial charge in [-0.05, 0) is 28.3 Å². The first-order valence-electron chi connectivity index (χ1n) is 6.81. The predicted molar refractivity (Wildman–Crippen MR) is 84.8 cm³/mol. The number of hydrogen-bond donors (Lipinski definition) is 2. The summed E-state index contributed by atoms with van der Waals surface area (Å²) < 4.78 is 10.3. The zero-order valence-corrected chi connectivity index (χ0v) is 13.3. The Morgan fingerprint density at radius 3 is 2.85 bits per heavy atom. The molecule has 1 heterocycles. The molecule has 0 aliphatic carbocycles. The molecule has 1 atom stereocenters. The minimum atomic E-state index is 0.470. The van der Waals surface area contributed by atoms with E-state index in [2.05, 4.69) is 39.4 Å². The van der Waals surface area contributed by atoms with Crippen LogP contribution in [0.2, 0.25) is 0 Å². The van der Waals surface area contributed by atoms with E-state index < -0.39 is 0 Å². The average molecular weight is 299 g/mol. The van der Waals surface area contributed by atoms with Gasteiger partial charge in [0.1, 0.15) is 0 Å². The summed E-state index contributed by atoms with van der Waals surface area (Å²) in [7, 11) is 3.44. The maximum atomic E-state index is 5.38. The monoisotopic (exact) mass is 299 g/mol. The molecular formula is C14H25N3O2S. The van der Waals surface area contributed by atoms with Gasteiger partial charge >= 0.3 is 0 Å². The summed E-state index contributed by atoms with van der Waals surface area (Å²) in [6, 6.07) is 2.16. The Kier molecular flexibility index (Phi) is 9.02. The smallest absolute Gasteiger partial charge is 0.191 e. The molecule has 0 spiro atoms. The Morgan fingerprint density at radius 2 is 2.20 bits per heavy atom. The highest BCUT2D eigenvalue weighted by molar-refractivity contribution is 7.07. The minimum Gasteiger partial charge on any atom is -0.382 e. The Hall–Kier alpha value is -1.11. The van der Waals surface area contributed by atoms with Crippen LogP contribution >= 0.6 is 11.3 Å². The molecule has 114 valence electrons. The molecule has 0 saturated carbocycles. The van der Waals surface area contributed by atoms with Gasteiger partial charge in [-0.3, -0.25) is 4.99 Å². The van der Waals surface area contributed by atoms with Gasteiger partial charge in [0.15, 0.2) is 5.96 Å². The summed E-state index contributed by atoms with van der Waals surface area (Å²) in [6.45, 7) is 5.70. The van der Waals surface area contributed by atoms with Crippen LogP contribution in [0.5, 0.6) is 0 Å². The lowest BCUT2D eigenvalue weighted by Gasteiger charge is -2.15. The summed E-state index contributed by atoms with van der Waals surface area (Å²) in [5.74, 6) is 1.28. The summed E-state index contributed by atoms with van der Waals surface area (Å²) in [5.41, 5.74) is 1.36. The van der Waals surface area contributed by atoms with E-state index in [9.17, 15) is 0 Å². The van der Waals surface area contributed by atoms with E-state index in [1.807, 2.05) is 0 Å². The van der Waals surface area contributed by atoms with Crippen LogP contribution in [-0.2, 0) is 9.47 Å². The molecule has 0 radical (unpaired) electrons. The molecule has 0 bridgehead atoms. The third kappa shape index (κ3) is 6.88. The lowest BCUT2D eigenvalue weighted by molar-refractivity contribution is 0.0733. The van der Waals surface area contributed by atoms with Crippen LogP contribution in [0.1, 0.15) is 18.4 Å². The number of rotatable bonds is 9. The van der Waals surface area contributed by atoms with Gasteiger partial charge in [0.05, 0.1) is 19.8 Å². The third-order valence-corrected chi connectivity index (χ3v) is 3.58. The lowest BCUT2D eigenvalue weighted by atomic mass is 10.1. The van der Waals surface area contributed by atoms with Gasteiger partial charge < -0.3 is 20.1 Å². The van der Waals surface area contributed by atoms with Crippen molar-refractivity contribution >= 4 is 17.3 Å². The van der Waals surface area contributed by atoms with Crippen LogP contribution in [-0.4, -0.2) is 53.0 Å². The van der Waals surface area contributed by atoms with E-state index in [0.29, 0.717) is 25.7 Å². The molecule has 1 aromatic rings. The van der Waals surface area contributed by atoms with Crippen LogP contribution in [0.3, 0.4) is 0 Å². The molecule has 5 nitrogen and oxygen atoms in total. The Morgan fingerprint density at radius 1 is 1.35 bits per heavy atom. The molecule has 0 amide bonds. The van der Waals surface area contributed by atoms with Crippen LogP contribution in [0.4, 0.5) is 0 Å². The van der Waals surface area contributed by atoms with Gasteiger partial charge in [0, 0.05) is 27.2 Å². The molecule has 0 saturated heterocycles. The number of thiophene rings is 1. The van der Waals surface area contributed by atoms with Crippen molar-refractivity contribution in [2.45, 2.75) is 12.8 Å². The summed E-state index contributed by atoms with van der Waals surface area (Å²) in [5, 5.41) is 10.8. The number of nitrogens with one attached hydrogen (secondary N) is 2. The topological polar surface area (TPSA) is 54.9 Å². The van der Waals surface area contributed by atoms with Gasteiger partial charge in [0.2, 0.25) is 0 Å². The first-order valence-corrected chi connectivity index (χ1v) is 7.75. The van der Waals surface area contributed by atoms with Crippen molar-refractivity contribution < 1.29 is 9.47 Å². The minimum absolute atomic E-state index is 0.470. The highest BCUT2D eigenvalue weighted by atomic mass is 32.1. The Balaban J connectivity index is 2.13. The molecular weight excluding hydrogens is 274 g/mol. The standard InChI is InChI=1S/C14H25N3O2S/c1-12(13-4-9-20-11-13)10-17-14(15-2)16-5-6-19-8-7-18-3/h4,9,11-12H,5-8,10H2,1-3H3,(H2,15,16,17). The SMILES string of the molecule is CN=C(NCCOCCOC)NCC(C)c1ccsc1. The van der Waals surface area contributed by atoms with Gasteiger partial charge in [-0.2, -0.15) is 11.3 Å². The largest absolute Gasteiger partial charge is 0.382 e. The maximum absolute atomic E-state index is 5.38. The summed E-state index contributed by atoms with van der Waals surface area (Å²) in [4.78, 5) is 4.19. The number of ether oxygens (including phenoxy) is 2. The van der Waals surface area contributed by atoms with Crippen molar-refractivity contribution in [3.63, 3.8) is 0 Å². The predicted octanol–water partition coefficient (Wildman–Crippen LogP) is 1.68. The van der Waals surface area contributed by atoms with Crippen LogP contribution in [0, 0.1) is 0 Å². The van der Waals surface area contributed by atoms with Crippen molar-refractivity contribution in [2.24, 2.45) is 4.99 Å². The van der Waals surface area contributed by atoms with E-state index in [1.54, 1.807) is 25.5 Å². The first kappa shape index (κ1) is 16.9. The number of nitrogens with zero attached hydrogens (tertiary/aromatic N) is 1. The number of hydrogen-bond acceptors (Lipinski definition) is 4. The second-order valence-corrected chi connectivity index (χ2v) is 5.22. The fourth-order valence-corrected chi connectivity index (χ4v) is 2.41. The second kappa shape index (κ2) is 10.7. The molecule has 0 aliphatic heterocycles. The van der Waals surface area contributed by atoms with Crippen LogP contribution in [0.15, 0.2) is 21.8 Å². The summed E-state index contributed by atoms with van der Waals surface area (Å²) >= 11 is 1.73. The van der Waals surface area contributed by atoms with Crippen LogP contribution < -0.4 is 10.6 Å². The molecule has 0 fully saturated rings. The molecule has 1 rings (SSSR count). The average Bonchev–Trinajstić information content (AvgIpc) is 2.99. The quantitative estimate of drug-likeness (QED) is 0.414. The van der Waals surface area contributed by atoms with Gasteiger partial charge in [-0.25, -0.2) is 0 Å². The summed E-state index contributed by atoms with van der Waals surface area (Å²) in [6.07, 6.45) is 0. The molecule has 0 aliphatic rings. The fourth-order valence-electron chi connectivity index (χ4n) is 1.63. The van der Waals surface area contributed by atoms with Gasteiger partial charge in [-0.15, -0.1) is 0 Å². The third-order valence-electron chi connectivity index (χ3n) is 2.88.